The van der Waals surface area contributed by atoms with E-state index in [2.05, 4.69) is 83.6 Å². The van der Waals surface area contributed by atoms with E-state index in [0.717, 1.165) is 5.56 Å². The van der Waals surface area contributed by atoms with Crippen molar-refractivity contribution in [2.45, 2.75) is 131 Å². The lowest BCUT2D eigenvalue weighted by Gasteiger charge is -2.43. The number of benzene rings is 4. The van der Waals surface area contributed by atoms with Crippen molar-refractivity contribution in [3.8, 4) is 0 Å². The maximum atomic E-state index is 13.7. The largest absolute Gasteiger partial charge is 0.459 e. The lowest BCUT2D eigenvalue weighted by atomic mass is 9.79. The zero-order valence-electron chi connectivity index (χ0n) is 69.7. The van der Waals surface area contributed by atoms with Gasteiger partial charge in [-0.1, -0.05) is 147 Å². The third-order valence-electron chi connectivity index (χ3n) is 21.6. The zero-order valence-corrected chi connectivity index (χ0v) is 69.7. The lowest BCUT2D eigenvalue weighted by Crippen LogP contribution is -2.59. The van der Waals surface area contributed by atoms with Crippen molar-refractivity contribution < 1.29 is 124 Å². The molecule has 0 aromatic heterocycles. The molecule has 0 aliphatic carbocycles. The van der Waals surface area contributed by atoms with Crippen LogP contribution in [-0.2, 0) is 111 Å². The minimum Gasteiger partial charge on any atom is -0.459 e. The molecule has 0 spiro atoms. The smallest absolute Gasteiger partial charge is 0.408 e. The Kier molecular flexibility index (Phi) is 45.6. The van der Waals surface area contributed by atoms with Crippen molar-refractivity contribution in [3.63, 3.8) is 0 Å². The van der Waals surface area contributed by atoms with E-state index < -0.39 is 48.4 Å². The second kappa shape index (κ2) is 55.3. The number of ether oxygens (including phenoxy) is 19. The van der Waals surface area contributed by atoms with Crippen LogP contribution in [0, 0.1) is 53.3 Å². The Bertz CT molecular complexity index is 3120. The highest BCUT2D eigenvalue weighted by Crippen LogP contribution is 2.38. The summed E-state index contributed by atoms with van der Waals surface area (Å²) in [5.74, 6) is -0.699. The lowest BCUT2D eigenvalue weighted by molar-refractivity contribution is -0.256. The molecule has 117 heavy (non-hydrogen) atoms. The molecule has 0 saturated carbocycles. The van der Waals surface area contributed by atoms with Crippen molar-refractivity contribution in [1.82, 2.24) is 21.3 Å². The molecule has 0 radical (unpaired) electrons. The van der Waals surface area contributed by atoms with Crippen molar-refractivity contribution in [2.24, 2.45) is 53.3 Å². The molecule has 3 aliphatic rings. The molecule has 4 amide bonds. The van der Waals surface area contributed by atoms with E-state index in [1.54, 1.807) is 72.8 Å². The first kappa shape index (κ1) is 96.5. The summed E-state index contributed by atoms with van der Waals surface area (Å²) < 4.78 is 112. The Labute approximate surface area is 689 Å². The number of hydrogen-bond donors (Lipinski definition) is 4. The Hall–Kier alpha value is -7.63. The number of esters is 3. The molecule has 4 aromatic rings. The minimum absolute atomic E-state index is 0.0549. The normalized spacial score (nSPS) is 23.6. The van der Waals surface area contributed by atoms with Crippen molar-refractivity contribution >= 4 is 41.7 Å². The van der Waals surface area contributed by atoms with Crippen LogP contribution in [0.25, 0.3) is 0 Å². The SMILES string of the molecule is CC1[C@@H](OCCOCCOCCNC(=O)CCOCC(COCCC(=O)NCCOCCOCCO[C@H]2OC(COC(=O)c3ccccc3)[C@@H](C)[C@H](C)C2C)(COCCC(=O)NCCOCCOCCO[C@H]2OC(COC(=O)c3ccccc3)[C@@H](C)[C@H](C)C2C)NC(=O)OCc2ccccc2)OC(COC(=O)c2ccccc2)[C@@H](C)[C@@H]1C. The molecular formula is C87H128N4O26. The standard InChI is InChI=1S/C87H128N4O26/c1-61-64(4)74(55-111-80(95)71-24-16-11-17-25-71)115-83(67(61)7)108-51-48-102-45-42-99-39-33-88-77(92)30-36-105-58-87(91-86(98)114-54-70-22-14-10-15-23-70,59-106-37-31-78(93)89-34-40-100-43-46-103-49-52-109-84-68(8)62(2)65(5)75(116-84)56-112-81(96)72-26-18-12-19-27-72)60-107-38-32-79(94)90-35-41-101-44-47-104-50-53-110-85-69(9)63(3)66(6)76(117-85)57-113-82(97)73-28-20-13-21-29-73/h10-29,61-69,74-76,83-85H,30-60H2,1-9H3,(H,88,92)(H,89,93)(H,90,94)(H,91,98)/t61-,62-,63-,64-,65-,66-,67?,68?,69?,74?,75?,76?,83-,84-,85-,87?/m0/s1. The summed E-state index contributed by atoms with van der Waals surface area (Å²) in [5, 5.41) is 11.3. The van der Waals surface area contributed by atoms with Crippen molar-refractivity contribution in [3.05, 3.63) is 144 Å². The van der Waals surface area contributed by atoms with Gasteiger partial charge in [-0.25, -0.2) is 19.2 Å². The Morgan fingerprint density at radius 3 is 0.880 bits per heavy atom. The van der Waals surface area contributed by atoms with Gasteiger partial charge in [-0.2, -0.15) is 0 Å². The fraction of sp³-hybridized carbons (Fsp3) is 0.644. The van der Waals surface area contributed by atoms with Crippen LogP contribution in [0.4, 0.5) is 4.79 Å². The van der Waals surface area contributed by atoms with Crippen LogP contribution in [0.1, 0.15) is 118 Å². The van der Waals surface area contributed by atoms with Gasteiger partial charge in [-0.3, -0.25) is 14.4 Å². The van der Waals surface area contributed by atoms with Crippen molar-refractivity contribution in [2.75, 3.05) is 178 Å². The van der Waals surface area contributed by atoms with E-state index in [1.165, 1.54) is 0 Å². The number of rotatable bonds is 57. The van der Waals surface area contributed by atoms with E-state index >= 15 is 0 Å². The third kappa shape index (κ3) is 36.1. The molecular weight excluding hydrogens is 1520 g/mol. The van der Waals surface area contributed by atoms with Gasteiger partial charge in [0, 0.05) is 56.7 Å². The number of carbonyl (C=O) groups is 7. The van der Waals surface area contributed by atoms with E-state index in [-0.39, 0.29) is 274 Å². The number of amides is 4. The number of nitrogens with one attached hydrogen (secondary N) is 4. The summed E-state index contributed by atoms with van der Waals surface area (Å²) in [6.07, 6.45) is -3.47. The first-order valence-corrected chi connectivity index (χ1v) is 41.2. The van der Waals surface area contributed by atoms with Gasteiger partial charge < -0.3 is 111 Å². The summed E-state index contributed by atoms with van der Waals surface area (Å²) in [4.78, 5) is 90.8. The van der Waals surface area contributed by atoms with Crippen LogP contribution in [0.2, 0.25) is 0 Å². The van der Waals surface area contributed by atoms with Crippen LogP contribution in [0.3, 0.4) is 0 Å². The summed E-state index contributed by atoms with van der Waals surface area (Å²) in [7, 11) is 0. The van der Waals surface area contributed by atoms with E-state index in [4.69, 9.17) is 90.0 Å². The summed E-state index contributed by atoms with van der Waals surface area (Å²) in [6, 6.07) is 35.6. The molecule has 30 nitrogen and oxygen atoms in total. The van der Waals surface area contributed by atoms with Gasteiger partial charge in [0.25, 0.3) is 0 Å². The monoisotopic (exact) mass is 1640 g/mol. The second-order valence-electron chi connectivity index (χ2n) is 30.0. The molecule has 30 heteroatoms. The van der Waals surface area contributed by atoms with Gasteiger partial charge in [0.2, 0.25) is 17.7 Å². The third-order valence-corrected chi connectivity index (χ3v) is 21.6. The highest BCUT2D eigenvalue weighted by Gasteiger charge is 2.43. The molecule has 0 bridgehead atoms. The predicted octanol–water partition coefficient (Wildman–Crippen LogP) is 8.84. The van der Waals surface area contributed by atoms with Gasteiger partial charge in [0.05, 0.1) is 174 Å². The second-order valence-corrected chi connectivity index (χ2v) is 30.0. The number of hydrogen-bond acceptors (Lipinski definition) is 26. The predicted molar refractivity (Wildman–Crippen MR) is 429 cm³/mol. The summed E-state index contributed by atoms with van der Waals surface area (Å²) in [5.41, 5.74) is 0.708. The Balaban J connectivity index is 0.802. The van der Waals surface area contributed by atoms with Crippen LogP contribution >= 0.6 is 0 Å². The van der Waals surface area contributed by atoms with Gasteiger partial charge in [-0.15, -0.1) is 0 Å². The van der Waals surface area contributed by atoms with Gasteiger partial charge in [0.1, 0.15) is 32.0 Å². The maximum Gasteiger partial charge on any atom is 0.408 e. The molecule has 4 aromatic carbocycles. The molecule has 6 unspecified atom stereocenters. The van der Waals surface area contributed by atoms with Gasteiger partial charge in [0.15, 0.2) is 18.9 Å². The molecule has 652 valence electrons. The highest BCUT2D eigenvalue weighted by atomic mass is 16.7. The van der Waals surface area contributed by atoms with E-state index in [9.17, 15) is 33.6 Å². The highest BCUT2D eigenvalue weighted by molar-refractivity contribution is 5.90. The molecule has 7 rings (SSSR count). The number of alkyl carbamates (subject to hydrolysis) is 1. The minimum atomic E-state index is -1.46. The summed E-state index contributed by atoms with van der Waals surface area (Å²) >= 11 is 0. The van der Waals surface area contributed by atoms with Crippen LogP contribution < -0.4 is 21.3 Å². The van der Waals surface area contributed by atoms with Crippen molar-refractivity contribution in [1.29, 1.82) is 0 Å². The average molecular weight is 1650 g/mol. The molecule has 3 heterocycles. The zero-order chi connectivity index (χ0) is 83.8. The topological polar surface area (TPSA) is 343 Å². The first-order chi connectivity index (χ1) is 56.7. The molecule has 3 aliphatic heterocycles. The fourth-order valence-corrected chi connectivity index (χ4v) is 13.2. The Morgan fingerprint density at radius 1 is 0.308 bits per heavy atom. The number of carbonyl (C=O) groups excluding carboxylic acids is 7. The van der Waals surface area contributed by atoms with Crippen LogP contribution in [-0.4, -0.2) is 263 Å². The molecule has 15 atom stereocenters. The molecule has 3 fully saturated rings. The summed E-state index contributed by atoms with van der Waals surface area (Å²) in [6.45, 7) is 23.0. The van der Waals surface area contributed by atoms with Gasteiger partial charge >= 0.3 is 24.0 Å². The van der Waals surface area contributed by atoms with Gasteiger partial charge in [-0.05, 0) is 77.5 Å². The molecule has 3 saturated heterocycles. The quantitative estimate of drug-likeness (QED) is 0.0182. The Morgan fingerprint density at radius 2 is 0.581 bits per heavy atom. The average Bonchev–Trinajstić information content (AvgIpc) is 0.824. The van der Waals surface area contributed by atoms with Crippen LogP contribution in [0.15, 0.2) is 121 Å². The maximum absolute atomic E-state index is 13.7. The van der Waals surface area contributed by atoms with E-state index in [0.29, 0.717) is 36.5 Å². The fourth-order valence-electron chi connectivity index (χ4n) is 13.2. The molecule has 4 N–H and O–H groups in total. The first-order valence-electron chi connectivity index (χ1n) is 41.2. The van der Waals surface area contributed by atoms with Crippen LogP contribution in [0.5, 0.6) is 0 Å². The van der Waals surface area contributed by atoms with E-state index in [1.807, 2.05) is 48.5 Å².